The van der Waals surface area contributed by atoms with Crippen LogP contribution in [0.3, 0.4) is 0 Å². The second-order valence-corrected chi connectivity index (χ2v) is 4.68. The first-order valence-electron chi connectivity index (χ1n) is 5.89. The van der Waals surface area contributed by atoms with Crippen molar-refractivity contribution >= 4 is 0 Å². The van der Waals surface area contributed by atoms with Gasteiger partial charge in [0.05, 0.1) is 6.67 Å². The summed E-state index contributed by atoms with van der Waals surface area (Å²) < 4.78 is 11.9. The van der Waals surface area contributed by atoms with E-state index in [1.165, 1.54) is 38.5 Å². The third-order valence-corrected chi connectivity index (χ3v) is 3.29. The topological polar surface area (TPSA) is 0 Å². The number of halogens is 1. The van der Waals surface area contributed by atoms with E-state index >= 15 is 0 Å². The molecule has 2 atom stereocenters. The average molecular weight is 186 g/mol. The molecular weight excluding hydrogens is 163 g/mol. The van der Waals surface area contributed by atoms with E-state index in [0.717, 1.165) is 24.7 Å². The lowest BCUT2D eigenvalue weighted by Gasteiger charge is -2.16. The van der Waals surface area contributed by atoms with Gasteiger partial charge >= 0.3 is 0 Å². The van der Waals surface area contributed by atoms with Crippen molar-refractivity contribution in [1.82, 2.24) is 0 Å². The van der Waals surface area contributed by atoms with Crippen LogP contribution in [0.15, 0.2) is 0 Å². The summed E-state index contributed by atoms with van der Waals surface area (Å²) in [7, 11) is 0. The summed E-state index contributed by atoms with van der Waals surface area (Å²) in [4.78, 5) is 0. The molecule has 0 aromatic rings. The minimum absolute atomic E-state index is 0.123. The lowest BCUT2D eigenvalue weighted by molar-refractivity contribution is 0.351. The molecule has 1 heteroatoms. The molecule has 1 rings (SSSR count). The molecule has 0 spiro atoms. The SMILES string of the molecule is CC1CCCCC(CCCCF)C1. The van der Waals surface area contributed by atoms with Crippen LogP contribution >= 0.6 is 0 Å². The largest absolute Gasteiger partial charge is 0.251 e. The zero-order valence-corrected chi connectivity index (χ0v) is 8.90. The molecular formula is C12H23F. The molecule has 0 aliphatic heterocycles. The van der Waals surface area contributed by atoms with Gasteiger partial charge in [-0.25, -0.2) is 0 Å². The Morgan fingerprint density at radius 3 is 2.69 bits per heavy atom. The maximum absolute atomic E-state index is 11.9. The van der Waals surface area contributed by atoms with Crippen molar-refractivity contribution in [1.29, 1.82) is 0 Å². The minimum atomic E-state index is -0.123. The fraction of sp³-hybridized carbons (Fsp3) is 1.00. The van der Waals surface area contributed by atoms with E-state index in [9.17, 15) is 4.39 Å². The highest BCUT2D eigenvalue weighted by molar-refractivity contribution is 4.68. The molecule has 0 radical (unpaired) electrons. The molecule has 1 saturated carbocycles. The van der Waals surface area contributed by atoms with Gasteiger partial charge in [0.1, 0.15) is 0 Å². The molecule has 1 aliphatic rings. The molecule has 0 heterocycles. The summed E-state index contributed by atoms with van der Waals surface area (Å²) in [6, 6.07) is 0. The van der Waals surface area contributed by atoms with Crippen molar-refractivity contribution < 1.29 is 4.39 Å². The van der Waals surface area contributed by atoms with E-state index in [-0.39, 0.29) is 6.67 Å². The van der Waals surface area contributed by atoms with E-state index in [1.54, 1.807) is 0 Å². The maximum Gasteiger partial charge on any atom is 0.0894 e. The van der Waals surface area contributed by atoms with Crippen LogP contribution in [0.5, 0.6) is 0 Å². The monoisotopic (exact) mass is 186 g/mol. The van der Waals surface area contributed by atoms with Crippen molar-refractivity contribution in [2.24, 2.45) is 11.8 Å². The van der Waals surface area contributed by atoms with E-state index in [0.29, 0.717) is 0 Å². The molecule has 78 valence electrons. The third-order valence-electron chi connectivity index (χ3n) is 3.29. The number of unbranched alkanes of at least 4 members (excludes halogenated alkanes) is 1. The van der Waals surface area contributed by atoms with Gasteiger partial charge in [-0.05, 0) is 24.7 Å². The Balaban J connectivity index is 2.15. The van der Waals surface area contributed by atoms with Crippen LogP contribution in [-0.2, 0) is 0 Å². The second kappa shape index (κ2) is 6.39. The standard InChI is InChI=1S/C12H23F/c1-11-6-2-3-7-12(10-11)8-4-5-9-13/h11-12H,2-10H2,1H3. The van der Waals surface area contributed by atoms with Gasteiger partial charge in [0, 0.05) is 0 Å². The highest BCUT2D eigenvalue weighted by atomic mass is 19.1. The summed E-state index contributed by atoms with van der Waals surface area (Å²) >= 11 is 0. The first-order chi connectivity index (χ1) is 6.33. The van der Waals surface area contributed by atoms with Gasteiger partial charge in [0.25, 0.3) is 0 Å². The van der Waals surface area contributed by atoms with E-state index in [1.807, 2.05) is 0 Å². The van der Waals surface area contributed by atoms with Crippen LogP contribution in [0.4, 0.5) is 4.39 Å². The van der Waals surface area contributed by atoms with Crippen LogP contribution in [0.25, 0.3) is 0 Å². The van der Waals surface area contributed by atoms with Crippen LogP contribution in [0.2, 0.25) is 0 Å². The van der Waals surface area contributed by atoms with Crippen LogP contribution in [-0.4, -0.2) is 6.67 Å². The lowest BCUT2D eigenvalue weighted by Crippen LogP contribution is -2.03. The van der Waals surface area contributed by atoms with E-state index in [4.69, 9.17) is 0 Å². The van der Waals surface area contributed by atoms with E-state index in [2.05, 4.69) is 6.92 Å². The Kier molecular flexibility index (Phi) is 5.41. The van der Waals surface area contributed by atoms with Crippen molar-refractivity contribution in [3.63, 3.8) is 0 Å². The molecule has 0 bridgehead atoms. The van der Waals surface area contributed by atoms with Crippen LogP contribution < -0.4 is 0 Å². The Morgan fingerprint density at radius 2 is 1.92 bits per heavy atom. The van der Waals surface area contributed by atoms with Gasteiger partial charge in [0.15, 0.2) is 0 Å². The molecule has 1 fully saturated rings. The lowest BCUT2D eigenvalue weighted by atomic mass is 9.90. The van der Waals surface area contributed by atoms with Crippen molar-refractivity contribution in [2.75, 3.05) is 6.67 Å². The molecule has 0 amide bonds. The summed E-state index contributed by atoms with van der Waals surface area (Å²) in [6.07, 6.45) is 10.2. The maximum atomic E-state index is 11.9. The van der Waals surface area contributed by atoms with Gasteiger partial charge in [-0.15, -0.1) is 0 Å². The predicted octanol–water partition coefficient (Wildman–Crippen LogP) is 4.34. The fourth-order valence-corrected chi connectivity index (χ4v) is 2.52. The first-order valence-corrected chi connectivity index (χ1v) is 5.89. The van der Waals surface area contributed by atoms with Crippen LogP contribution in [0, 0.1) is 11.8 Å². The Labute approximate surface area is 81.9 Å². The molecule has 0 nitrogen and oxygen atoms in total. The number of hydrogen-bond donors (Lipinski definition) is 0. The molecule has 13 heavy (non-hydrogen) atoms. The quantitative estimate of drug-likeness (QED) is 0.452. The number of alkyl halides is 1. The van der Waals surface area contributed by atoms with Gasteiger partial charge < -0.3 is 0 Å². The highest BCUT2D eigenvalue weighted by Crippen LogP contribution is 2.30. The van der Waals surface area contributed by atoms with Gasteiger partial charge in [-0.2, -0.15) is 0 Å². The Bertz CT molecular complexity index is 122. The van der Waals surface area contributed by atoms with Crippen molar-refractivity contribution in [2.45, 2.75) is 58.3 Å². The molecule has 0 aromatic carbocycles. The van der Waals surface area contributed by atoms with E-state index < -0.39 is 0 Å². The number of rotatable bonds is 4. The molecule has 2 unspecified atom stereocenters. The molecule has 0 N–H and O–H groups in total. The third kappa shape index (κ3) is 4.64. The Hall–Kier alpha value is -0.0700. The minimum Gasteiger partial charge on any atom is -0.251 e. The first kappa shape index (κ1) is 11.0. The zero-order valence-electron chi connectivity index (χ0n) is 8.90. The number of hydrogen-bond acceptors (Lipinski definition) is 0. The smallest absolute Gasteiger partial charge is 0.0894 e. The fourth-order valence-electron chi connectivity index (χ4n) is 2.52. The van der Waals surface area contributed by atoms with Gasteiger partial charge in [-0.1, -0.05) is 45.4 Å². The summed E-state index contributed by atoms with van der Waals surface area (Å²) in [5, 5.41) is 0. The summed E-state index contributed by atoms with van der Waals surface area (Å²) in [5.74, 6) is 1.82. The normalized spacial score (nSPS) is 30.0. The molecule has 0 saturated heterocycles. The van der Waals surface area contributed by atoms with Gasteiger partial charge in [-0.3, -0.25) is 4.39 Å². The molecule has 1 aliphatic carbocycles. The zero-order chi connectivity index (χ0) is 9.52. The highest BCUT2D eigenvalue weighted by Gasteiger charge is 2.16. The predicted molar refractivity (Wildman–Crippen MR) is 55.6 cm³/mol. The summed E-state index contributed by atoms with van der Waals surface area (Å²) in [5.41, 5.74) is 0. The van der Waals surface area contributed by atoms with Crippen LogP contribution in [0.1, 0.15) is 58.3 Å². The summed E-state index contributed by atoms with van der Waals surface area (Å²) in [6.45, 7) is 2.25. The second-order valence-electron chi connectivity index (χ2n) is 4.68. The van der Waals surface area contributed by atoms with Gasteiger partial charge in [0.2, 0.25) is 0 Å². The Morgan fingerprint density at radius 1 is 1.15 bits per heavy atom. The van der Waals surface area contributed by atoms with Crippen molar-refractivity contribution in [3.8, 4) is 0 Å². The average Bonchev–Trinajstić information content (AvgIpc) is 2.31. The van der Waals surface area contributed by atoms with Crippen molar-refractivity contribution in [3.05, 3.63) is 0 Å². The molecule has 0 aromatic heterocycles.